The Hall–Kier alpha value is -3.85. The molecule has 0 unspecified atom stereocenters. The Morgan fingerprint density at radius 2 is 1.70 bits per heavy atom. The number of hydrogen-bond donors (Lipinski definition) is 1. The van der Waals surface area contributed by atoms with Crippen LogP contribution in [0.25, 0.3) is 5.69 Å². The summed E-state index contributed by atoms with van der Waals surface area (Å²) in [7, 11) is 1.61. The summed E-state index contributed by atoms with van der Waals surface area (Å²) in [5.41, 5.74) is 4.03. The number of hydrogen-bond acceptors (Lipinski definition) is 3. The fraction of sp³-hybridized carbons (Fsp3) is 0.214. The summed E-state index contributed by atoms with van der Waals surface area (Å²) in [6, 6.07) is 20.2. The fourth-order valence-corrected chi connectivity index (χ4v) is 5.34. The maximum absolute atomic E-state index is 13.5. The molecule has 5 rings (SSSR count). The molecule has 0 radical (unpaired) electrons. The minimum Gasteiger partial charge on any atom is -0.497 e. The number of nitrogens with zero attached hydrogens (tertiary/aromatic N) is 3. The monoisotopic (exact) mass is 522 g/mol. The van der Waals surface area contributed by atoms with Crippen LogP contribution in [-0.4, -0.2) is 21.8 Å². The molecule has 0 aliphatic carbocycles. The van der Waals surface area contributed by atoms with Crippen molar-refractivity contribution >= 4 is 23.0 Å². The zero-order chi connectivity index (χ0) is 26.3. The van der Waals surface area contributed by atoms with E-state index in [-0.39, 0.29) is 12.1 Å². The predicted molar refractivity (Wildman–Crippen MR) is 141 cm³/mol. The predicted octanol–water partition coefficient (Wildman–Crippen LogP) is 6.69. The maximum Gasteiger partial charge on any atom is 0.416 e. The number of methoxy groups -OCH3 is 1. The van der Waals surface area contributed by atoms with E-state index in [1.807, 2.05) is 71.8 Å². The van der Waals surface area contributed by atoms with E-state index >= 15 is 0 Å². The lowest BCUT2D eigenvalue weighted by molar-refractivity contribution is -0.137. The lowest BCUT2D eigenvalue weighted by Crippen LogP contribution is -2.29. The van der Waals surface area contributed by atoms with Crippen molar-refractivity contribution in [2.45, 2.75) is 32.1 Å². The highest BCUT2D eigenvalue weighted by molar-refractivity contribution is 7.80. The number of thiocarbonyl (C=S) groups is 1. The van der Waals surface area contributed by atoms with Gasteiger partial charge in [-0.05, 0) is 92.3 Å². The van der Waals surface area contributed by atoms with Gasteiger partial charge in [0.1, 0.15) is 5.75 Å². The van der Waals surface area contributed by atoms with Gasteiger partial charge in [0.05, 0.1) is 30.5 Å². The summed E-state index contributed by atoms with van der Waals surface area (Å²) >= 11 is 5.80. The highest BCUT2D eigenvalue weighted by Crippen LogP contribution is 2.44. The molecule has 190 valence electrons. The van der Waals surface area contributed by atoms with Gasteiger partial charge in [-0.3, -0.25) is 4.98 Å². The maximum atomic E-state index is 13.5. The van der Waals surface area contributed by atoms with E-state index in [0.717, 1.165) is 40.1 Å². The van der Waals surface area contributed by atoms with Crippen molar-refractivity contribution in [1.82, 2.24) is 14.9 Å². The van der Waals surface area contributed by atoms with E-state index in [9.17, 15) is 13.2 Å². The number of nitrogens with one attached hydrogen (secondary N) is 1. The van der Waals surface area contributed by atoms with E-state index in [0.29, 0.717) is 10.8 Å². The van der Waals surface area contributed by atoms with Crippen molar-refractivity contribution in [3.63, 3.8) is 0 Å². The molecule has 5 nitrogen and oxygen atoms in total. The first kappa shape index (κ1) is 24.8. The molecule has 1 aliphatic heterocycles. The van der Waals surface area contributed by atoms with Crippen LogP contribution in [0.5, 0.6) is 5.75 Å². The smallest absolute Gasteiger partial charge is 0.416 e. The lowest BCUT2D eigenvalue weighted by atomic mass is 9.96. The van der Waals surface area contributed by atoms with Gasteiger partial charge < -0.3 is 19.5 Å². The number of anilines is 1. The average Bonchev–Trinajstić information content (AvgIpc) is 3.39. The van der Waals surface area contributed by atoms with Crippen molar-refractivity contribution in [3.05, 3.63) is 107 Å². The van der Waals surface area contributed by atoms with Crippen molar-refractivity contribution in [2.24, 2.45) is 0 Å². The highest BCUT2D eigenvalue weighted by atomic mass is 32.1. The molecule has 3 heterocycles. The Bertz CT molecular complexity index is 1430. The second kappa shape index (κ2) is 9.55. The van der Waals surface area contributed by atoms with Crippen LogP contribution in [0.2, 0.25) is 0 Å². The molecule has 0 saturated carbocycles. The normalized spacial score (nSPS) is 17.7. The number of halogens is 3. The molecule has 0 spiro atoms. The standard InChI is InChI=1S/C28H25F3N4OS/c1-17-15-23(18(2)34(17)21-8-6-7-19(16-21)28(29,30)31)26-25(24-9-4-5-14-32-24)33-27(37)35(26)20-10-12-22(36-3)13-11-20/h4-16,25-26H,1-3H3,(H,33,37)/t25-,26+/m1/s1. The van der Waals surface area contributed by atoms with E-state index in [1.165, 1.54) is 12.1 Å². The van der Waals surface area contributed by atoms with Crippen molar-refractivity contribution in [2.75, 3.05) is 12.0 Å². The van der Waals surface area contributed by atoms with Gasteiger partial charge in [-0.1, -0.05) is 12.1 Å². The topological polar surface area (TPSA) is 42.3 Å². The molecule has 1 N–H and O–H groups in total. The molecule has 0 bridgehead atoms. The van der Waals surface area contributed by atoms with Crippen LogP contribution in [0, 0.1) is 13.8 Å². The molecule has 1 aliphatic rings. The van der Waals surface area contributed by atoms with Crippen LogP contribution in [0.4, 0.5) is 18.9 Å². The minimum absolute atomic E-state index is 0.272. The van der Waals surface area contributed by atoms with Gasteiger partial charge in [-0.2, -0.15) is 13.2 Å². The number of pyridine rings is 1. The first-order chi connectivity index (χ1) is 17.7. The number of rotatable bonds is 5. The summed E-state index contributed by atoms with van der Waals surface area (Å²) < 4.78 is 47.5. The summed E-state index contributed by atoms with van der Waals surface area (Å²) in [6.07, 6.45) is -2.69. The van der Waals surface area contributed by atoms with E-state index in [4.69, 9.17) is 17.0 Å². The first-order valence-electron chi connectivity index (χ1n) is 11.7. The third kappa shape index (κ3) is 4.55. The van der Waals surface area contributed by atoms with Gasteiger partial charge >= 0.3 is 6.18 Å². The van der Waals surface area contributed by atoms with Crippen LogP contribution >= 0.6 is 12.2 Å². The lowest BCUT2D eigenvalue weighted by Gasteiger charge is -2.28. The third-order valence-electron chi connectivity index (χ3n) is 6.67. The van der Waals surface area contributed by atoms with Crippen LogP contribution in [0.3, 0.4) is 0 Å². The summed E-state index contributed by atoms with van der Waals surface area (Å²) in [5, 5.41) is 3.96. The molecule has 1 fully saturated rings. The van der Waals surface area contributed by atoms with Gasteiger partial charge in [0, 0.05) is 29.0 Å². The van der Waals surface area contributed by atoms with Crippen molar-refractivity contribution < 1.29 is 17.9 Å². The zero-order valence-corrected chi connectivity index (χ0v) is 21.3. The fourth-order valence-electron chi connectivity index (χ4n) is 5.00. The van der Waals surface area contributed by atoms with Gasteiger partial charge in [0.2, 0.25) is 0 Å². The Kier molecular flexibility index (Phi) is 6.41. The summed E-state index contributed by atoms with van der Waals surface area (Å²) in [4.78, 5) is 6.62. The number of alkyl halides is 3. The summed E-state index contributed by atoms with van der Waals surface area (Å²) in [6.45, 7) is 3.82. The Morgan fingerprint density at radius 1 is 0.946 bits per heavy atom. The first-order valence-corrected chi connectivity index (χ1v) is 12.1. The average molecular weight is 523 g/mol. The molecular formula is C28H25F3N4OS. The second-order valence-electron chi connectivity index (χ2n) is 8.90. The van der Waals surface area contributed by atoms with Gasteiger partial charge in [0.25, 0.3) is 0 Å². The Balaban J connectivity index is 1.66. The Labute approximate surface area is 218 Å². The minimum atomic E-state index is -4.43. The van der Waals surface area contributed by atoms with Gasteiger partial charge in [-0.25, -0.2) is 0 Å². The molecule has 0 amide bonds. The van der Waals surface area contributed by atoms with Crippen LogP contribution in [0.1, 0.15) is 40.3 Å². The number of aryl methyl sites for hydroxylation is 1. The van der Waals surface area contributed by atoms with E-state index in [2.05, 4.69) is 10.3 Å². The SMILES string of the molecule is COc1ccc(N2C(=S)N[C@H](c3ccccn3)[C@@H]2c2cc(C)n(-c3cccc(C(F)(F)F)c3)c2C)cc1. The van der Waals surface area contributed by atoms with Gasteiger partial charge in [-0.15, -0.1) is 0 Å². The zero-order valence-electron chi connectivity index (χ0n) is 20.5. The summed E-state index contributed by atoms with van der Waals surface area (Å²) in [5.74, 6) is 0.724. The Morgan fingerprint density at radius 3 is 2.35 bits per heavy atom. The van der Waals surface area contributed by atoms with Gasteiger partial charge in [0.15, 0.2) is 5.11 Å². The molecule has 2 aromatic carbocycles. The molecule has 4 aromatic rings. The molecule has 37 heavy (non-hydrogen) atoms. The number of aromatic nitrogens is 2. The van der Waals surface area contributed by atoms with Crippen LogP contribution in [-0.2, 0) is 6.18 Å². The molecule has 9 heteroatoms. The highest BCUT2D eigenvalue weighted by Gasteiger charge is 2.42. The molecule has 2 atom stereocenters. The molecule has 2 aromatic heterocycles. The van der Waals surface area contributed by atoms with E-state index < -0.39 is 11.7 Å². The molecule has 1 saturated heterocycles. The quantitative estimate of drug-likeness (QED) is 0.296. The molecular weight excluding hydrogens is 497 g/mol. The van der Waals surface area contributed by atoms with E-state index in [1.54, 1.807) is 19.4 Å². The largest absolute Gasteiger partial charge is 0.497 e. The third-order valence-corrected chi connectivity index (χ3v) is 6.98. The van der Waals surface area contributed by atoms with Crippen LogP contribution < -0.4 is 15.0 Å². The van der Waals surface area contributed by atoms with Crippen molar-refractivity contribution in [1.29, 1.82) is 0 Å². The number of ether oxygens (including phenoxy) is 1. The number of benzene rings is 2. The van der Waals surface area contributed by atoms with Crippen molar-refractivity contribution in [3.8, 4) is 11.4 Å². The van der Waals surface area contributed by atoms with Crippen LogP contribution in [0.15, 0.2) is 79.0 Å². The second-order valence-corrected chi connectivity index (χ2v) is 9.29.